The van der Waals surface area contributed by atoms with Crippen LogP contribution in [0.25, 0.3) is 11.9 Å². The number of nitrogens with zero attached hydrogens (tertiary/aromatic N) is 3. The Morgan fingerprint density at radius 1 is 1.19 bits per heavy atom. The van der Waals surface area contributed by atoms with E-state index in [4.69, 9.17) is 5.11 Å². The molecule has 0 amide bonds. The van der Waals surface area contributed by atoms with Gasteiger partial charge >= 0.3 is 5.97 Å². The Kier molecular flexibility index (Phi) is 5.43. The largest absolute Gasteiger partial charge is 0.478 e. The van der Waals surface area contributed by atoms with Gasteiger partial charge < -0.3 is 5.11 Å². The highest BCUT2D eigenvalue weighted by Crippen LogP contribution is 2.13. The van der Waals surface area contributed by atoms with Crippen molar-refractivity contribution in [2.75, 3.05) is 0 Å². The summed E-state index contributed by atoms with van der Waals surface area (Å²) >= 11 is 0. The van der Waals surface area contributed by atoms with E-state index in [1.54, 1.807) is 41.5 Å². The van der Waals surface area contributed by atoms with Crippen LogP contribution in [0.5, 0.6) is 0 Å². The van der Waals surface area contributed by atoms with Gasteiger partial charge in [0.15, 0.2) is 5.82 Å². The fourth-order valence-electron chi connectivity index (χ4n) is 2.25. The molecule has 0 bridgehead atoms. The average Bonchev–Trinajstić information content (AvgIpc) is 3.20. The van der Waals surface area contributed by atoms with Crippen molar-refractivity contribution in [1.29, 1.82) is 0 Å². The number of rotatable bonds is 7. The average molecular weight is 384 g/mol. The summed E-state index contributed by atoms with van der Waals surface area (Å²) < 4.78 is 28.9. The van der Waals surface area contributed by atoms with E-state index in [-0.39, 0.29) is 11.4 Å². The summed E-state index contributed by atoms with van der Waals surface area (Å²) in [6, 6.07) is 11.2. The van der Waals surface area contributed by atoms with Crippen LogP contribution in [-0.4, -0.2) is 34.3 Å². The molecule has 0 atom stereocenters. The first-order chi connectivity index (χ1) is 12.9. The fraction of sp³-hybridized carbons (Fsp3) is 0.0556. The van der Waals surface area contributed by atoms with Crippen LogP contribution in [0.4, 0.5) is 0 Å². The Morgan fingerprint density at radius 3 is 2.56 bits per heavy atom. The molecule has 138 valence electrons. The van der Waals surface area contributed by atoms with Crippen LogP contribution in [0.1, 0.15) is 11.1 Å². The Balaban J connectivity index is 1.65. The van der Waals surface area contributed by atoms with Gasteiger partial charge in [-0.25, -0.2) is 27.6 Å². The number of nitrogens with one attached hydrogen (secondary N) is 1. The molecule has 0 saturated heterocycles. The number of carboxylic acids is 1. The van der Waals surface area contributed by atoms with Gasteiger partial charge in [0.1, 0.15) is 0 Å². The highest BCUT2D eigenvalue weighted by Gasteiger charge is 2.13. The molecule has 8 nitrogen and oxygen atoms in total. The van der Waals surface area contributed by atoms with E-state index in [2.05, 4.69) is 14.8 Å². The van der Waals surface area contributed by atoms with Crippen molar-refractivity contribution in [1.82, 2.24) is 19.5 Å². The second-order valence-corrected chi connectivity index (χ2v) is 7.31. The first kappa shape index (κ1) is 18.5. The lowest BCUT2D eigenvalue weighted by atomic mass is 10.2. The van der Waals surface area contributed by atoms with E-state index in [0.29, 0.717) is 16.9 Å². The standard InChI is InChI=1S/C18H16N4O4S/c23-18(24)9-5-14-2-6-16(7-3-14)27(25,26)21-13-15-4-8-17(19-12-15)22-11-1-10-20-22/h1-12,21H,13H2,(H,23,24). The summed E-state index contributed by atoms with van der Waals surface area (Å²) in [4.78, 5) is 14.8. The minimum absolute atomic E-state index is 0.0926. The van der Waals surface area contributed by atoms with Gasteiger partial charge in [0.2, 0.25) is 10.0 Å². The highest BCUT2D eigenvalue weighted by molar-refractivity contribution is 7.89. The predicted octanol–water partition coefficient (Wildman–Crippen LogP) is 1.84. The first-order valence-corrected chi connectivity index (χ1v) is 9.38. The van der Waals surface area contributed by atoms with Gasteiger partial charge in [-0.1, -0.05) is 18.2 Å². The third kappa shape index (κ3) is 4.87. The molecule has 0 aliphatic carbocycles. The Morgan fingerprint density at radius 2 is 1.96 bits per heavy atom. The first-order valence-electron chi connectivity index (χ1n) is 7.90. The van der Waals surface area contributed by atoms with E-state index in [1.165, 1.54) is 30.3 Å². The van der Waals surface area contributed by atoms with Crippen molar-refractivity contribution in [3.63, 3.8) is 0 Å². The SMILES string of the molecule is O=C(O)C=Cc1ccc(S(=O)(=O)NCc2ccc(-n3cccn3)nc2)cc1. The summed E-state index contributed by atoms with van der Waals surface area (Å²) in [6.45, 7) is 0.0926. The Bertz CT molecular complexity index is 1040. The maximum absolute atomic E-state index is 12.4. The lowest BCUT2D eigenvalue weighted by Gasteiger charge is -2.08. The lowest BCUT2D eigenvalue weighted by Crippen LogP contribution is -2.23. The summed E-state index contributed by atoms with van der Waals surface area (Å²) in [6.07, 6.45) is 7.37. The number of sulfonamides is 1. The van der Waals surface area contributed by atoms with E-state index in [9.17, 15) is 13.2 Å². The van der Waals surface area contributed by atoms with Crippen LogP contribution in [0.3, 0.4) is 0 Å². The quantitative estimate of drug-likeness (QED) is 0.601. The third-order valence-corrected chi connectivity index (χ3v) is 5.04. The van der Waals surface area contributed by atoms with Crippen LogP contribution < -0.4 is 4.72 Å². The van der Waals surface area contributed by atoms with Crippen LogP contribution in [-0.2, 0) is 21.4 Å². The predicted molar refractivity (Wildman–Crippen MR) is 98.5 cm³/mol. The topological polar surface area (TPSA) is 114 Å². The second-order valence-electron chi connectivity index (χ2n) is 5.54. The number of benzene rings is 1. The molecule has 0 saturated carbocycles. The van der Waals surface area contributed by atoms with Gasteiger partial charge in [-0.05, 0) is 41.5 Å². The van der Waals surface area contributed by atoms with Crippen LogP contribution >= 0.6 is 0 Å². The van der Waals surface area contributed by atoms with E-state index in [0.717, 1.165) is 6.08 Å². The monoisotopic (exact) mass is 384 g/mol. The normalized spacial score (nSPS) is 11.7. The number of aliphatic carboxylic acids is 1. The molecular weight excluding hydrogens is 368 g/mol. The molecule has 0 radical (unpaired) electrons. The van der Waals surface area contributed by atoms with Gasteiger partial charge in [0.05, 0.1) is 4.90 Å². The number of pyridine rings is 1. The van der Waals surface area contributed by atoms with Crippen molar-refractivity contribution < 1.29 is 18.3 Å². The maximum Gasteiger partial charge on any atom is 0.328 e. The zero-order chi connectivity index (χ0) is 19.3. The minimum atomic E-state index is -3.70. The molecule has 1 aromatic carbocycles. The van der Waals surface area contributed by atoms with Gasteiger partial charge in [0, 0.05) is 31.2 Å². The smallest absolute Gasteiger partial charge is 0.328 e. The fourth-order valence-corrected chi connectivity index (χ4v) is 3.27. The molecule has 0 aliphatic rings. The molecule has 9 heteroatoms. The molecule has 3 aromatic rings. The zero-order valence-electron chi connectivity index (χ0n) is 14.1. The maximum atomic E-state index is 12.4. The molecule has 0 unspecified atom stereocenters. The van der Waals surface area contributed by atoms with Crippen molar-refractivity contribution in [3.05, 3.63) is 78.3 Å². The Hall–Kier alpha value is -3.30. The molecule has 0 spiro atoms. The number of aromatic nitrogens is 3. The van der Waals surface area contributed by atoms with Gasteiger partial charge in [-0.2, -0.15) is 5.10 Å². The van der Waals surface area contributed by atoms with Crippen molar-refractivity contribution in [3.8, 4) is 5.82 Å². The minimum Gasteiger partial charge on any atom is -0.478 e. The van der Waals surface area contributed by atoms with Crippen molar-refractivity contribution >= 4 is 22.1 Å². The number of hydrogen-bond donors (Lipinski definition) is 2. The van der Waals surface area contributed by atoms with E-state index >= 15 is 0 Å². The molecule has 3 rings (SSSR count). The zero-order valence-corrected chi connectivity index (χ0v) is 14.9. The van der Waals surface area contributed by atoms with Crippen LogP contribution in [0, 0.1) is 0 Å². The number of carbonyl (C=O) groups is 1. The van der Waals surface area contributed by atoms with E-state index in [1.807, 2.05) is 0 Å². The summed E-state index contributed by atoms with van der Waals surface area (Å²) in [7, 11) is -3.70. The highest BCUT2D eigenvalue weighted by atomic mass is 32.2. The van der Waals surface area contributed by atoms with Crippen molar-refractivity contribution in [2.45, 2.75) is 11.4 Å². The number of carboxylic acid groups (broad SMARTS) is 1. The van der Waals surface area contributed by atoms with Gasteiger partial charge in [-0.15, -0.1) is 0 Å². The molecule has 2 heterocycles. The lowest BCUT2D eigenvalue weighted by molar-refractivity contribution is -0.131. The molecule has 27 heavy (non-hydrogen) atoms. The van der Waals surface area contributed by atoms with Gasteiger partial charge in [-0.3, -0.25) is 0 Å². The second kappa shape index (κ2) is 7.94. The molecule has 0 fully saturated rings. The van der Waals surface area contributed by atoms with Gasteiger partial charge in [0.25, 0.3) is 0 Å². The molecule has 2 N–H and O–H groups in total. The third-order valence-electron chi connectivity index (χ3n) is 3.62. The van der Waals surface area contributed by atoms with Crippen LogP contribution in [0.2, 0.25) is 0 Å². The number of hydrogen-bond acceptors (Lipinski definition) is 5. The molecular formula is C18H16N4O4S. The summed E-state index contributed by atoms with van der Waals surface area (Å²) in [5.41, 5.74) is 1.30. The summed E-state index contributed by atoms with van der Waals surface area (Å²) in [5.74, 6) is -0.433. The Labute approximate surface area is 155 Å². The summed E-state index contributed by atoms with van der Waals surface area (Å²) in [5, 5.41) is 12.7. The molecule has 0 aliphatic heterocycles. The van der Waals surface area contributed by atoms with Crippen LogP contribution in [0.15, 0.2) is 72.0 Å². The van der Waals surface area contributed by atoms with E-state index < -0.39 is 16.0 Å². The van der Waals surface area contributed by atoms with Crippen molar-refractivity contribution in [2.24, 2.45) is 0 Å². The molecule has 2 aromatic heterocycles.